The minimum absolute atomic E-state index is 0.0271. The zero-order valence-electron chi connectivity index (χ0n) is 15.7. The standard InChI is InChI=1S/C21H30N2O3/c1-16-6-5-7-18(14-16)21(10-3-2-4-11-21)15-22-20(26)23-12-8-17(9-13-23)19(24)25/h5-7,14,17H,2-4,8-13,15H2,1H3,(H,22,26)(H,24,25). The first-order valence-corrected chi connectivity index (χ1v) is 9.83. The van der Waals surface area contributed by atoms with Crippen molar-refractivity contribution < 1.29 is 14.7 Å². The van der Waals surface area contributed by atoms with E-state index in [0.717, 1.165) is 12.8 Å². The molecule has 0 spiro atoms. The fourth-order valence-electron chi connectivity index (χ4n) is 4.46. The van der Waals surface area contributed by atoms with Gasteiger partial charge in [-0.3, -0.25) is 4.79 Å². The summed E-state index contributed by atoms with van der Waals surface area (Å²) < 4.78 is 0. The Morgan fingerprint density at radius 3 is 2.50 bits per heavy atom. The lowest BCUT2D eigenvalue weighted by Crippen LogP contribution is -2.49. The maximum atomic E-state index is 12.6. The van der Waals surface area contributed by atoms with Crippen LogP contribution in [0.4, 0.5) is 4.79 Å². The third-order valence-electron chi connectivity index (χ3n) is 6.15. The van der Waals surface area contributed by atoms with Crippen LogP contribution in [0.1, 0.15) is 56.1 Å². The summed E-state index contributed by atoms with van der Waals surface area (Å²) in [5.41, 5.74) is 2.62. The SMILES string of the molecule is Cc1cccc(C2(CNC(=O)N3CCC(C(=O)O)CC3)CCCCC2)c1. The molecule has 1 aliphatic heterocycles. The zero-order chi connectivity index (χ0) is 18.6. The number of aliphatic carboxylic acids is 1. The lowest BCUT2D eigenvalue weighted by atomic mass is 9.69. The smallest absolute Gasteiger partial charge is 0.317 e. The first-order valence-electron chi connectivity index (χ1n) is 9.83. The van der Waals surface area contributed by atoms with Crippen molar-refractivity contribution in [1.29, 1.82) is 0 Å². The number of urea groups is 1. The summed E-state index contributed by atoms with van der Waals surface area (Å²) in [6.07, 6.45) is 6.99. The van der Waals surface area contributed by atoms with Gasteiger partial charge in [0.15, 0.2) is 0 Å². The molecule has 0 atom stereocenters. The predicted octanol–water partition coefficient (Wildman–Crippen LogP) is 3.70. The Morgan fingerprint density at radius 2 is 1.88 bits per heavy atom. The number of hydrogen-bond donors (Lipinski definition) is 2. The van der Waals surface area contributed by atoms with Crippen molar-refractivity contribution in [1.82, 2.24) is 10.2 Å². The summed E-state index contributed by atoms with van der Waals surface area (Å²) >= 11 is 0. The number of rotatable bonds is 4. The van der Waals surface area contributed by atoms with Gasteiger partial charge in [0, 0.05) is 25.0 Å². The summed E-state index contributed by atoms with van der Waals surface area (Å²) in [6, 6.07) is 8.63. The van der Waals surface area contributed by atoms with E-state index in [2.05, 4.69) is 36.5 Å². The summed E-state index contributed by atoms with van der Waals surface area (Å²) in [5, 5.41) is 12.3. The van der Waals surface area contributed by atoms with E-state index in [9.17, 15) is 9.59 Å². The molecule has 26 heavy (non-hydrogen) atoms. The summed E-state index contributed by atoms with van der Waals surface area (Å²) in [4.78, 5) is 25.5. The predicted molar refractivity (Wildman–Crippen MR) is 101 cm³/mol. The van der Waals surface area contributed by atoms with Crippen molar-refractivity contribution in [2.24, 2.45) is 5.92 Å². The van der Waals surface area contributed by atoms with E-state index in [1.807, 2.05) is 0 Å². The third-order valence-corrected chi connectivity index (χ3v) is 6.15. The van der Waals surface area contributed by atoms with Crippen LogP contribution in [0.15, 0.2) is 24.3 Å². The normalized spacial score (nSPS) is 20.6. The Hall–Kier alpha value is -2.04. The number of carboxylic acids is 1. The zero-order valence-corrected chi connectivity index (χ0v) is 15.7. The third kappa shape index (κ3) is 4.19. The Balaban J connectivity index is 1.63. The van der Waals surface area contributed by atoms with Gasteiger partial charge in [-0.2, -0.15) is 0 Å². The van der Waals surface area contributed by atoms with Crippen molar-refractivity contribution in [3.63, 3.8) is 0 Å². The maximum Gasteiger partial charge on any atom is 0.317 e. The first kappa shape index (κ1) is 18.7. The van der Waals surface area contributed by atoms with Crippen molar-refractivity contribution in [3.05, 3.63) is 35.4 Å². The molecule has 5 nitrogen and oxygen atoms in total. The van der Waals surface area contributed by atoms with Crippen molar-refractivity contribution in [2.45, 2.75) is 57.3 Å². The summed E-state index contributed by atoms with van der Waals surface area (Å²) in [7, 11) is 0. The molecule has 3 rings (SSSR count). The number of piperidine rings is 1. The first-order chi connectivity index (χ1) is 12.5. The number of carbonyl (C=O) groups excluding carboxylic acids is 1. The molecule has 0 bridgehead atoms. The van der Waals surface area contributed by atoms with Crippen LogP contribution in [0.25, 0.3) is 0 Å². The molecule has 2 fully saturated rings. The molecule has 0 aromatic heterocycles. The molecule has 0 unspecified atom stereocenters. The van der Waals surface area contributed by atoms with Gasteiger partial charge in [0.05, 0.1) is 5.92 Å². The maximum absolute atomic E-state index is 12.6. The van der Waals surface area contributed by atoms with Gasteiger partial charge in [-0.25, -0.2) is 4.79 Å². The van der Waals surface area contributed by atoms with Gasteiger partial charge in [-0.05, 0) is 38.2 Å². The molecule has 1 aliphatic carbocycles. The fourth-order valence-corrected chi connectivity index (χ4v) is 4.46. The van der Waals surface area contributed by atoms with Crippen LogP contribution in [0.2, 0.25) is 0 Å². The van der Waals surface area contributed by atoms with Crippen LogP contribution in [0.5, 0.6) is 0 Å². The lowest BCUT2D eigenvalue weighted by molar-refractivity contribution is -0.143. The fraction of sp³-hybridized carbons (Fsp3) is 0.619. The molecule has 1 saturated carbocycles. The minimum atomic E-state index is -0.745. The number of amides is 2. The monoisotopic (exact) mass is 358 g/mol. The van der Waals surface area contributed by atoms with Crippen molar-refractivity contribution >= 4 is 12.0 Å². The molecule has 142 valence electrons. The van der Waals surface area contributed by atoms with E-state index in [1.54, 1.807) is 4.90 Å². The molecule has 5 heteroatoms. The number of nitrogens with one attached hydrogen (secondary N) is 1. The van der Waals surface area contributed by atoms with Gasteiger partial charge < -0.3 is 15.3 Å². The summed E-state index contributed by atoms with van der Waals surface area (Å²) in [6.45, 7) is 3.83. The largest absolute Gasteiger partial charge is 0.481 e. The Morgan fingerprint density at radius 1 is 1.19 bits per heavy atom. The molecular weight excluding hydrogens is 328 g/mol. The van der Waals surface area contributed by atoms with Crippen LogP contribution < -0.4 is 5.32 Å². The average molecular weight is 358 g/mol. The number of carbonyl (C=O) groups is 2. The second-order valence-corrected chi connectivity index (χ2v) is 7.97. The minimum Gasteiger partial charge on any atom is -0.481 e. The number of nitrogens with zero attached hydrogens (tertiary/aromatic N) is 1. The van der Waals surface area contributed by atoms with Crippen LogP contribution in [0, 0.1) is 12.8 Å². The van der Waals surface area contributed by atoms with Crippen molar-refractivity contribution in [2.75, 3.05) is 19.6 Å². The average Bonchev–Trinajstić information content (AvgIpc) is 2.67. The second-order valence-electron chi connectivity index (χ2n) is 7.97. The number of aryl methyl sites for hydroxylation is 1. The van der Waals surface area contributed by atoms with E-state index in [4.69, 9.17) is 5.11 Å². The van der Waals surface area contributed by atoms with E-state index < -0.39 is 5.97 Å². The Kier molecular flexibility index (Phi) is 5.84. The van der Waals surface area contributed by atoms with Gasteiger partial charge in [-0.1, -0.05) is 49.1 Å². The molecular formula is C21H30N2O3. The van der Waals surface area contributed by atoms with Gasteiger partial charge >= 0.3 is 12.0 Å². The molecule has 2 amide bonds. The Labute approximate surface area is 155 Å². The number of likely N-dealkylation sites (tertiary alicyclic amines) is 1. The van der Waals surface area contributed by atoms with E-state index in [1.165, 1.54) is 30.4 Å². The van der Waals surface area contributed by atoms with Gasteiger partial charge in [0.25, 0.3) is 0 Å². The van der Waals surface area contributed by atoms with Gasteiger partial charge in [0.1, 0.15) is 0 Å². The summed E-state index contributed by atoms with van der Waals surface area (Å²) in [5.74, 6) is -1.05. The van der Waals surface area contributed by atoms with E-state index >= 15 is 0 Å². The highest BCUT2D eigenvalue weighted by Gasteiger charge is 2.35. The molecule has 1 aromatic carbocycles. The Bertz CT molecular complexity index is 644. The van der Waals surface area contributed by atoms with E-state index in [0.29, 0.717) is 32.5 Å². The van der Waals surface area contributed by atoms with Gasteiger partial charge in [0.2, 0.25) is 0 Å². The van der Waals surface area contributed by atoms with Crippen molar-refractivity contribution in [3.8, 4) is 0 Å². The van der Waals surface area contributed by atoms with E-state index in [-0.39, 0.29) is 17.4 Å². The topological polar surface area (TPSA) is 69.6 Å². The van der Waals surface area contributed by atoms with Crippen LogP contribution in [-0.2, 0) is 10.2 Å². The lowest BCUT2D eigenvalue weighted by Gasteiger charge is -2.39. The molecule has 1 saturated heterocycles. The van der Waals surface area contributed by atoms with Crippen LogP contribution >= 0.6 is 0 Å². The quantitative estimate of drug-likeness (QED) is 0.862. The molecule has 1 heterocycles. The molecule has 2 N–H and O–H groups in total. The molecule has 1 aromatic rings. The highest BCUT2D eigenvalue weighted by atomic mass is 16.4. The highest BCUT2D eigenvalue weighted by Crippen LogP contribution is 2.39. The number of hydrogen-bond acceptors (Lipinski definition) is 2. The van der Waals surface area contributed by atoms with Gasteiger partial charge in [-0.15, -0.1) is 0 Å². The molecule has 0 radical (unpaired) electrons. The highest BCUT2D eigenvalue weighted by molar-refractivity contribution is 5.75. The second kappa shape index (κ2) is 8.11. The number of benzene rings is 1. The van der Waals surface area contributed by atoms with Crippen LogP contribution in [0.3, 0.4) is 0 Å². The van der Waals surface area contributed by atoms with Crippen LogP contribution in [-0.4, -0.2) is 41.6 Å². The molecule has 2 aliphatic rings. The number of carboxylic acid groups (broad SMARTS) is 1.